The summed E-state index contributed by atoms with van der Waals surface area (Å²) in [6.07, 6.45) is 2.15. The number of benzene rings is 1. The first kappa shape index (κ1) is 15.8. The van der Waals surface area contributed by atoms with Crippen molar-refractivity contribution in [3.05, 3.63) is 29.8 Å². The van der Waals surface area contributed by atoms with E-state index in [9.17, 15) is 4.79 Å². The summed E-state index contributed by atoms with van der Waals surface area (Å²) in [7, 11) is 0. The number of rotatable bonds is 4. The Hall–Kier alpha value is -1.55. The smallest absolute Gasteiger partial charge is 0.319 e. The molecule has 1 aliphatic rings. The molecule has 1 saturated heterocycles. The van der Waals surface area contributed by atoms with Crippen LogP contribution in [0.3, 0.4) is 0 Å². The predicted octanol–water partition coefficient (Wildman–Crippen LogP) is 3.76. The van der Waals surface area contributed by atoms with Crippen molar-refractivity contribution in [3.63, 3.8) is 0 Å². The number of urea groups is 1. The molecular weight excluding hydrogens is 262 g/mol. The Labute approximate surface area is 127 Å². The van der Waals surface area contributed by atoms with E-state index in [1.165, 1.54) is 5.56 Å². The van der Waals surface area contributed by atoms with Gasteiger partial charge in [0.1, 0.15) is 0 Å². The van der Waals surface area contributed by atoms with Gasteiger partial charge in [-0.3, -0.25) is 0 Å². The molecule has 0 saturated carbocycles. The van der Waals surface area contributed by atoms with E-state index in [0.717, 1.165) is 31.6 Å². The SMILES string of the molecule is CCNC(C)c1cccc(NC(=O)N2CCCC2(C)C)c1. The lowest BCUT2D eigenvalue weighted by atomic mass is 10.0. The summed E-state index contributed by atoms with van der Waals surface area (Å²) in [6, 6.07) is 8.37. The maximum atomic E-state index is 12.4. The molecule has 1 fully saturated rings. The van der Waals surface area contributed by atoms with Crippen LogP contribution in [0.25, 0.3) is 0 Å². The van der Waals surface area contributed by atoms with E-state index in [1.807, 2.05) is 23.1 Å². The molecule has 4 heteroatoms. The van der Waals surface area contributed by atoms with E-state index >= 15 is 0 Å². The van der Waals surface area contributed by atoms with Crippen molar-refractivity contribution < 1.29 is 4.79 Å². The number of likely N-dealkylation sites (tertiary alicyclic amines) is 1. The lowest BCUT2D eigenvalue weighted by Gasteiger charge is -2.31. The van der Waals surface area contributed by atoms with Gasteiger partial charge in [0.25, 0.3) is 0 Å². The molecule has 21 heavy (non-hydrogen) atoms. The highest BCUT2D eigenvalue weighted by atomic mass is 16.2. The van der Waals surface area contributed by atoms with Crippen molar-refractivity contribution in [3.8, 4) is 0 Å². The molecule has 4 nitrogen and oxygen atoms in total. The Morgan fingerprint density at radius 3 is 2.81 bits per heavy atom. The molecule has 0 spiro atoms. The van der Waals surface area contributed by atoms with Crippen LogP contribution in [0.5, 0.6) is 0 Å². The van der Waals surface area contributed by atoms with Gasteiger partial charge in [0.05, 0.1) is 0 Å². The normalized spacial score (nSPS) is 18.6. The van der Waals surface area contributed by atoms with Gasteiger partial charge in [-0.15, -0.1) is 0 Å². The van der Waals surface area contributed by atoms with E-state index in [0.29, 0.717) is 0 Å². The third-order valence-corrected chi connectivity index (χ3v) is 4.29. The fraction of sp³-hybridized carbons (Fsp3) is 0.588. The van der Waals surface area contributed by atoms with E-state index < -0.39 is 0 Å². The van der Waals surface area contributed by atoms with Crippen molar-refractivity contribution in [2.75, 3.05) is 18.4 Å². The van der Waals surface area contributed by atoms with Gasteiger partial charge in [0.2, 0.25) is 0 Å². The number of carbonyl (C=O) groups excluding carboxylic acids is 1. The van der Waals surface area contributed by atoms with Crippen LogP contribution < -0.4 is 10.6 Å². The molecule has 0 radical (unpaired) electrons. The molecule has 2 amide bonds. The molecule has 1 heterocycles. The maximum absolute atomic E-state index is 12.4. The monoisotopic (exact) mass is 289 g/mol. The van der Waals surface area contributed by atoms with Gasteiger partial charge in [0, 0.05) is 23.8 Å². The van der Waals surface area contributed by atoms with Gasteiger partial charge in [-0.25, -0.2) is 4.79 Å². The lowest BCUT2D eigenvalue weighted by molar-refractivity contribution is 0.178. The van der Waals surface area contributed by atoms with Crippen molar-refractivity contribution in [2.45, 2.75) is 52.1 Å². The second-order valence-electron chi connectivity index (χ2n) is 6.40. The summed E-state index contributed by atoms with van der Waals surface area (Å²) >= 11 is 0. The summed E-state index contributed by atoms with van der Waals surface area (Å²) < 4.78 is 0. The van der Waals surface area contributed by atoms with Crippen molar-refractivity contribution in [1.82, 2.24) is 10.2 Å². The third kappa shape index (κ3) is 3.76. The summed E-state index contributed by atoms with van der Waals surface area (Å²) in [5.74, 6) is 0. The molecule has 1 atom stereocenters. The average Bonchev–Trinajstić information content (AvgIpc) is 2.79. The minimum atomic E-state index is -0.0429. The highest BCUT2D eigenvalue weighted by Gasteiger charge is 2.35. The molecule has 1 aromatic carbocycles. The Kier molecular flexibility index (Phi) is 4.88. The molecule has 2 N–H and O–H groups in total. The molecule has 116 valence electrons. The van der Waals surface area contributed by atoms with Gasteiger partial charge in [-0.1, -0.05) is 19.1 Å². The number of hydrogen-bond donors (Lipinski definition) is 2. The Balaban J connectivity index is 2.06. The molecule has 1 aromatic rings. The van der Waals surface area contributed by atoms with Gasteiger partial charge >= 0.3 is 6.03 Å². The quantitative estimate of drug-likeness (QED) is 0.886. The fourth-order valence-corrected chi connectivity index (χ4v) is 2.98. The highest BCUT2D eigenvalue weighted by Crippen LogP contribution is 2.29. The molecule has 2 rings (SSSR count). The van der Waals surface area contributed by atoms with Crippen LogP contribution in [0.4, 0.5) is 10.5 Å². The molecule has 1 aliphatic heterocycles. The maximum Gasteiger partial charge on any atom is 0.322 e. The van der Waals surface area contributed by atoms with Crippen LogP contribution in [0.15, 0.2) is 24.3 Å². The number of anilines is 1. The molecule has 1 unspecified atom stereocenters. The zero-order valence-corrected chi connectivity index (χ0v) is 13.6. The summed E-state index contributed by atoms with van der Waals surface area (Å²) in [5.41, 5.74) is 2.01. The zero-order chi connectivity index (χ0) is 15.5. The van der Waals surface area contributed by atoms with Crippen LogP contribution in [-0.2, 0) is 0 Å². The summed E-state index contributed by atoms with van der Waals surface area (Å²) in [5, 5.41) is 6.42. The number of nitrogens with zero attached hydrogens (tertiary/aromatic N) is 1. The fourth-order valence-electron chi connectivity index (χ4n) is 2.98. The van der Waals surface area contributed by atoms with Crippen molar-refractivity contribution >= 4 is 11.7 Å². The van der Waals surface area contributed by atoms with Crippen LogP contribution >= 0.6 is 0 Å². The first-order valence-electron chi connectivity index (χ1n) is 7.86. The molecular formula is C17H27N3O. The number of nitrogens with one attached hydrogen (secondary N) is 2. The lowest BCUT2D eigenvalue weighted by Crippen LogP contribution is -2.44. The molecule has 0 aromatic heterocycles. The van der Waals surface area contributed by atoms with Crippen LogP contribution in [0.1, 0.15) is 52.1 Å². The van der Waals surface area contributed by atoms with Gasteiger partial charge in [0.15, 0.2) is 0 Å². The van der Waals surface area contributed by atoms with Crippen LogP contribution in [0.2, 0.25) is 0 Å². The third-order valence-electron chi connectivity index (χ3n) is 4.29. The number of hydrogen-bond acceptors (Lipinski definition) is 2. The Morgan fingerprint density at radius 1 is 1.43 bits per heavy atom. The largest absolute Gasteiger partial charge is 0.322 e. The molecule has 0 aliphatic carbocycles. The van der Waals surface area contributed by atoms with Crippen LogP contribution in [0, 0.1) is 0 Å². The minimum Gasteiger partial charge on any atom is -0.319 e. The zero-order valence-electron chi connectivity index (χ0n) is 13.6. The van der Waals surface area contributed by atoms with Gasteiger partial charge < -0.3 is 15.5 Å². The second kappa shape index (κ2) is 6.48. The van der Waals surface area contributed by atoms with E-state index in [4.69, 9.17) is 0 Å². The standard InChI is InChI=1S/C17H27N3O/c1-5-18-13(2)14-8-6-9-15(12-14)19-16(21)20-11-7-10-17(20,3)4/h6,8-9,12-13,18H,5,7,10-11H2,1-4H3,(H,19,21). The minimum absolute atomic E-state index is 0.00533. The van der Waals surface area contributed by atoms with E-state index in [-0.39, 0.29) is 17.6 Å². The molecule has 0 bridgehead atoms. The number of carbonyl (C=O) groups is 1. The van der Waals surface area contributed by atoms with Crippen LogP contribution in [-0.4, -0.2) is 29.6 Å². The van der Waals surface area contributed by atoms with Gasteiger partial charge in [-0.05, 0) is 57.9 Å². The van der Waals surface area contributed by atoms with Crippen molar-refractivity contribution in [1.29, 1.82) is 0 Å². The summed E-state index contributed by atoms with van der Waals surface area (Å²) in [4.78, 5) is 14.4. The first-order valence-corrected chi connectivity index (χ1v) is 7.86. The summed E-state index contributed by atoms with van der Waals surface area (Å²) in [6.45, 7) is 10.3. The predicted molar refractivity (Wildman–Crippen MR) is 87.6 cm³/mol. The van der Waals surface area contributed by atoms with E-state index in [2.05, 4.69) is 44.4 Å². The first-order chi connectivity index (χ1) is 9.94. The average molecular weight is 289 g/mol. The Morgan fingerprint density at radius 2 is 2.19 bits per heavy atom. The van der Waals surface area contributed by atoms with Gasteiger partial charge in [-0.2, -0.15) is 0 Å². The van der Waals surface area contributed by atoms with E-state index in [1.54, 1.807) is 0 Å². The topological polar surface area (TPSA) is 44.4 Å². The highest BCUT2D eigenvalue weighted by molar-refractivity contribution is 5.90. The number of amides is 2. The Bertz CT molecular complexity index is 499. The second-order valence-corrected chi connectivity index (χ2v) is 6.40. The van der Waals surface area contributed by atoms with Crippen molar-refractivity contribution in [2.24, 2.45) is 0 Å².